The maximum atomic E-state index is 5.37. The van der Waals surface area contributed by atoms with Crippen LogP contribution in [0.25, 0.3) is 0 Å². The monoisotopic (exact) mass is 251 g/mol. The van der Waals surface area contributed by atoms with Crippen molar-refractivity contribution in [3.05, 3.63) is 24.2 Å². The Hall–Kier alpha value is -0.760. The van der Waals surface area contributed by atoms with Crippen LogP contribution < -0.4 is 5.32 Å². The molecule has 0 aromatic carbocycles. The highest BCUT2D eigenvalue weighted by Crippen LogP contribution is 2.12. The molecule has 18 heavy (non-hydrogen) atoms. The molecule has 1 heterocycles. The van der Waals surface area contributed by atoms with E-state index in [4.69, 9.17) is 4.42 Å². The number of rotatable bonds is 11. The molecule has 0 aliphatic rings. The van der Waals surface area contributed by atoms with Gasteiger partial charge >= 0.3 is 0 Å². The highest BCUT2D eigenvalue weighted by Gasteiger charge is 2.07. The Morgan fingerprint density at radius 2 is 1.89 bits per heavy atom. The van der Waals surface area contributed by atoms with Crippen LogP contribution in [0.5, 0.6) is 0 Å². The quantitative estimate of drug-likeness (QED) is 0.584. The molecule has 104 valence electrons. The van der Waals surface area contributed by atoms with Crippen molar-refractivity contribution in [3.63, 3.8) is 0 Å². The molecule has 0 radical (unpaired) electrons. The molecule has 1 N–H and O–H groups in total. The lowest BCUT2D eigenvalue weighted by atomic mass is 10.0. The van der Waals surface area contributed by atoms with Crippen LogP contribution in [0.2, 0.25) is 0 Å². The average molecular weight is 251 g/mol. The summed E-state index contributed by atoms with van der Waals surface area (Å²) in [6, 6.07) is 4.68. The normalized spacial score (nSPS) is 12.8. The number of furan rings is 1. The van der Waals surface area contributed by atoms with E-state index in [-0.39, 0.29) is 0 Å². The lowest BCUT2D eigenvalue weighted by Crippen LogP contribution is -2.25. The molecular formula is C16H29NO. The SMILES string of the molecule is CCCCCCCCC(CCc1ccco1)NC. The summed E-state index contributed by atoms with van der Waals surface area (Å²) < 4.78 is 5.37. The van der Waals surface area contributed by atoms with Crippen LogP contribution in [0.4, 0.5) is 0 Å². The molecule has 0 aliphatic carbocycles. The third kappa shape index (κ3) is 6.85. The predicted molar refractivity (Wildman–Crippen MR) is 77.9 cm³/mol. The van der Waals surface area contributed by atoms with Gasteiger partial charge in [0.25, 0.3) is 0 Å². The second kappa shape index (κ2) is 10.2. The Bertz CT molecular complexity index is 269. The van der Waals surface area contributed by atoms with Crippen molar-refractivity contribution < 1.29 is 4.42 Å². The van der Waals surface area contributed by atoms with Crippen molar-refractivity contribution in [3.8, 4) is 0 Å². The third-order valence-corrected chi connectivity index (χ3v) is 3.63. The predicted octanol–water partition coefficient (Wildman–Crippen LogP) is 4.55. The van der Waals surface area contributed by atoms with Crippen molar-refractivity contribution in [2.24, 2.45) is 0 Å². The Morgan fingerprint density at radius 3 is 2.56 bits per heavy atom. The minimum Gasteiger partial charge on any atom is -0.469 e. The van der Waals surface area contributed by atoms with Gasteiger partial charge in [0.2, 0.25) is 0 Å². The molecule has 2 heteroatoms. The minimum atomic E-state index is 0.640. The second-order valence-corrected chi connectivity index (χ2v) is 5.16. The Morgan fingerprint density at radius 1 is 1.11 bits per heavy atom. The van der Waals surface area contributed by atoms with Crippen molar-refractivity contribution in [1.29, 1.82) is 0 Å². The molecule has 1 aromatic rings. The van der Waals surface area contributed by atoms with Crippen molar-refractivity contribution in [1.82, 2.24) is 5.32 Å². The van der Waals surface area contributed by atoms with Gasteiger partial charge in [-0.15, -0.1) is 0 Å². The molecule has 1 rings (SSSR count). The van der Waals surface area contributed by atoms with Gasteiger partial charge in [0.15, 0.2) is 0 Å². The van der Waals surface area contributed by atoms with Gasteiger partial charge in [-0.3, -0.25) is 0 Å². The van der Waals surface area contributed by atoms with E-state index in [0.717, 1.165) is 12.2 Å². The zero-order valence-electron chi connectivity index (χ0n) is 12.1. The first-order chi connectivity index (χ1) is 8.86. The van der Waals surface area contributed by atoms with E-state index in [2.05, 4.69) is 25.4 Å². The van der Waals surface area contributed by atoms with Crippen LogP contribution >= 0.6 is 0 Å². The molecule has 0 bridgehead atoms. The van der Waals surface area contributed by atoms with Crippen molar-refractivity contribution >= 4 is 0 Å². The van der Waals surface area contributed by atoms with Crippen molar-refractivity contribution in [2.45, 2.75) is 70.8 Å². The van der Waals surface area contributed by atoms with E-state index in [9.17, 15) is 0 Å². The Kier molecular flexibility index (Phi) is 8.66. The maximum absolute atomic E-state index is 5.37. The van der Waals surface area contributed by atoms with Gasteiger partial charge < -0.3 is 9.73 Å². The van der Waals surface area contributed by atoms with E-state index in [1.54, 1.807) is 6.26 Å². The number of aryl methyl sites for hydroxylation is 1. The van der Waals surface area contributed by atoms with Gasteiger partial charge in [0.05, 0.1) is 6.26 Å². The highest BCUT2D eigenvalue weighted by atomic mass is 16.3. The molecular weight excluding hydrogens is 222 g/mol. The minimum absolute atomic E-state index is 0.640. The first kappa shape index (κ1) is 15.3. The third-order valence-electron chi connectivity index (χ3n) is 3.63. The first-order valence-electron chi connectivity index (χ1n) is 7.56. The molecule has 1 atom stereocenters. The fourth-order valence-corrected chi connectivity index (χ4v) is 2.38. The van der Waals surface area contributed by atoms with E-state index in [1.165, 1.54) is 51.4 Å². The van der Waals surface area contributed by atoms with Gasteiger partial charge in [-0.25, -0.2) is 0 Å². The van der Waals surface area contributed by atoms with E-state index in [1.807, 2.05) is 6.07 Å². The molecule has 1 unspecified atom stereocenters. The summed E-state index contributed by atoms with van der Waals surface area (Å²) >= 11 is 0. The fourth-order valence-electron chi connectivity index (χ4n) is 2.38. The molecule has 0 spiro atoms. The Balaban J connectivity index is 2.02. The molecule has 0 aliphatic heterocycles. The Labute approximate surface area is 112 Å². The molecule has 0 saturated carbocycles. The second-order valence-electron chi connectivity index (χ2n) is 5.16. The number of hydrogen-bond acceptors (Lipinski definition) is 2. The summed E-state index contributed by atoms with van der Waals surface area (Å²) in [7, 11) is 2.07. The summed E-state index contributed by atoms with van der Waals surface area (Å²) in [6.45, 7) is 2.27. The van der Waals surface area contributed by atoms with E-state index in [0.29, 0.717) is 6.04 Å². The maximum Gasteiger partial charge on any atom is 0.103 e. The fraction of sp³-hybridized carbons (Fsp3) is 0.750. The van der Waals surface area contributed by atoms with Gasteiger partial charge in [-0.2, -0.15) is 0 Å². The lowest BCUT2D eigenvalue weighted by molar-refractivity contribution is 0.430. The average Bonchev–Trinajstić information content (AvgIpc) is 2.90. The van der Waals surface area contributed by atoms with Gasteiger partial charge in [0, 0.05) is 12.5 Å². The standard InChI is InChI=1S/C16H29NO/c1-3-4-5-6-7-8-10-15(17-2)12-13-16-11-9-14-18-16/h9,11,14-15,17H,3-8,10,12-13H2,1-2H3. The smallest absolute Gasteiger partial charge is 0.103 e. The largest absolute Gasteiger partial charge is 0.469 e. The zero-order valence-corrected chi connectivity index (χ0v) is 12.1. The lowest BCUT2D eigenvalue weighted by Gasteiger charge is -2.15. The van der Waals surface area contributed by atoms with Gasteiger partial charge in [0.1, 0.15) is 5.76 Å². The highest BCUT2D eigenvalue weighted by molar-refractivity contribution is 4.98. The molecule has 0 saturated heterocycles. The number of unbranched alkanes of at least 4 members (excludes halogenated alkanes) is 5. The summed E-state index contributed by atoms with van der Waals surface area (Å²) in [5.41, 5.74) is 0. The molecule has 0 amide bonds. The van der Waals surface area contributed by atoms with Crippen LogP contribution in [0.1, 0.15) is 64.1 Å². The summed E-state index contributed by atoms with van der Waals surface area (Å²) in [4.78, 5) is 0. The summed E-state index contributed by atoms with van der Waals surface area (Å²) in [6.07, 6.45) is 13.6. The molecule has 2 nitrogen and oxygen atoms in total. The van der Waals surface area contributed by atoms with E-state index < -0.39 is 0 Å². The van der Waals surface area contributed by atoms with Crippen LogP contribution in [0, 0.1) is 0 Å². The summed E-state index contributed by atoms with van der Waals surface area (Å²) in [5.74, 6) is 1.11. The topological polar surface area (TPSA) is 25.2 Å². The number of hydrogen-bond donors (Lipinski definition) is 1. The first-order valence-corrected chi connectivity index (χ1v) is 7.56. The van der Waals surface area contributed by atoms with Crippen LogP contribution in [0.15, 0.2) is 22.8 Å². The van der Waals surface area contributed by atoms with Crippen LogP contribution in [0.3, 0.4) is 0 Å². The van der Waals surface area contributed by atoms with E-state index >= 15 is 0 Å². The number of nitrogens with one attached hydrogen (secondary N) is 1. The van der Waals surface area contributed by atoms with Crippen LogP contribution in [-0.2, 0) is 6.42 Å². The van der Waals surface area contributed by atoms with Crippen molar-refractivity contribution in [2.75, 3.05) is 7.05 Å². The molecule has 1 aromatic heterocycles. The van der Waals surface area contributed by atoms with Gasteiger partial charge in [-0.05, 0) is 32.0 Å². The molecule has 0 fully saturated rings. The zero-order chi connectivity index (χ0) is 13.1. The van der Waals surface area contributed by atoms with Crippen LogP contribution in [-0.4, -0.2) is 13.1 Å². The summed E-state index contributed by atoms with van der Waals surface area (Å²) in [5, 5.41) is 3.42. The van der Waals surface area contributed by atoms with Gasteiger partial charge in [-0.1, -0.05) is 45.4 Å².